The summed E-state index contributed by atoms with van der Waals surface area (Å²) in [5, 5.41) is 1.03. The molecule has 2 aromatic rings. The second-order valence-electron chi connectivity index (χ2n) is 8.94. The predicted octanol–water partition coefficient (Wildman–Crippen LogP) is 5.44. The molecule has 1 aromatic carbocycles. The monoisotopic (exact) mass is 453 g/mol. The van der Waals surface area contributed by atoms with Crippen LogP contribution in [0.25, 0.3) is 17.0 Å². The van der Waals surface area contributed by atoms with Crippen molar-refractivity contribution in [1.29, 1.82) is 0 Å². The molecule has 178 valence electrons. The van der Waals surface area contributed by atoms with Gasteiger partial charge in [-0.2, -0.15) is 0 Å². The van der Waals surface area contributed by atoms with Gasteiger partial charge >= 0.3 is 11.9 Å². The number of esters is 2. The molecule has 0 amide bonds. The number of fused-ring (bicyclic) bond motifs is 1. The number of nitrogens with zero attached hydrogens (tertiary/aromatic N) is 1. The molecule has 3 rings (SSSR count). The van der Waals surface area contributed by atoms with Gasteiger partial charge in [0.15, 0.2) is 0 Å². The van der Waals surface area contributed by atoms with Gasteiger partial charge in [-0.25, -0.2) is 0 Å². The highest BCUT2D eigenvalue weighted by Crippen LogP contribution is 2.40. The van der Waals surface area contributed by atoms with E-state index in [4.69, 9.17) is 19.2 Å². The van der Waals surface area contributed by atoms with Crippen molar-refractivity contribution in [3.8, 4) is 0 Å². The quantitative estimate of drug-likeness (QED) is 0.495. The highest BCUT2D eigenvalue weighted by molar-refractivity contribution is 5.83. The molecule has 0 spiro atoms. The number of benzene rings is 1. The Balaban J connectivity index is 1.86. The zero-order valence-electron chi connectivity index (χ0n) is 20.3. The largest absolute Gasteiger partial charge is 0.465 e. The minimum atomic E-state index is -0.622. The van der Waals surface area contributed by atoms with Crippen LogP contribution in [0.2, 0.25) is 0 Å². The summed E-state index contributed by atoms with van der Waals surface area (Å²) in [6, 6.07) is 10.1. The third-order valence-corrected chi connectivity index (χ3v) is 6.70. The van der Waals surface area contributed by atoms with Crippen LogP contribution in [0.3, 0.4) is 0 Å². The zero-order chi connectivity index (χ0) is 24.0. The van der Waals surface area contributed by atoms with E-state index >= 15 is 0 Å². The van der Waals surface area contributed by atoms with Crippen LogP contribution >= 0.6 is 0 Å². The molecule has 2 atom stereocenters. The molecule has 1 aromatic heterocycles. The second-order valence-corrected chi connectivity index (χ2v) is 8.94. The Bertz CT molecular complexity index is 1010. The Morgan fingerprint density at radius 3 is 2.52 bits per heavy atom. The van der Waals surface area contributed by atoms with Gasteiger partial charge in [0, 0.05) is 31.0 Å². The van der Waals surface area contributed by atoms with E-state index in [1.807, 2.05) is 63.3 Å². The summed E-state index contributed by atoms with van der Waals surface area (Å²) in [6.45, 7) is 7.51. The maximum absolute atomic E-state index is 12.8. The van der Waals surface area contributed by atoms with E-state index in [1.165, 1.54) is 6.92 Å². The Morgan fingerprint density at radius 1 is 1.18 bits per heavy atom. The van der Waals surface area contributed by atoms with Crippen molar-refractivity contribution in [1.82, 2.24) is 4.98 Å². The maximum atomic E-state index is 12.8. The highest BCUT2D eigenvalue weighted by atomic mass is 16.5. The first-order valence-corrected chi connectivity index (χ1v) is 11.7. The zero-order valence-corrected chi connectivity index (χ0v) is 20.3. The molecule has 1 fully saturated rings. The number of pyridine rings is 1. The fourth-order valence-electron chi connectivity index (χ4n) is 4.42. The first-order valence-electron chi connectivity index (χ1n) is 11.7. The van der Waals surface area contributed by atoms with Crippen molar-refractivity contribution in [3.05, 3.63) is 47.7 Å². The van der Waals surface area contributed by atoms with Crippen LogP contribution in [0.5, 0.6) is 0 Å². The van der Waals surface area contributed by atoms with Crippen molar-refractivity contribution < 1.29 is 23.8 Å². The first kappa shape index (κ1) is 24.9. The van der Waals surface area contributed by atoms with Crippen molar-refractivity contribution >= 4 is 28.9 Å². The fraction of sp³-hybridized carbons (Fsp3) is 0.519. The molecule has 6 nitrogen and oxygen atoms in total. The predicted molar refractivity (Wildman–Crippen MR) is 129 cm³/mol. The Kier molecular flexibility index (Phi) is 8.25. The molecule has 1 heterocycles. The van der Waals surface area contributed by atoms with Gasteiger partial charge in [0.05, 0.1) is 23.6 Å². The molecule has 0 radical (unpaired) electrons. The Labute approximate surface area is 196 Å². The van der Waals surface area contributed by atoms with Crippen LogP contribution in [0.4, 0.5) is 0 Å². The topological polar surface area (TPSA) is 74.7 Å². The summed E-state index contributed by atoms with van der Waals surface area (Å²) in [4.78, 5) is 29.0. The van der Waals surface area contributed by atoms with E-state index in [-0.39, 0.29) is 30.1 Å². The molecular formula is C27H35NO5. The number of methoxy groups -OCH3 is 1. The molecule has 6 heteroatoms. The van der Waals surface area contributed by atoms with E-state index in [9.17, 15) is 9.59 Å². The number of ether oxygens (including phenoxy) is 3. The normalized spacial score (nSPS) is 22.8. The van der Waals surface area contributed by atoms with Gasteiger partial charge in [0.25, 0.3) is 0 Å². The van der Waals surface area contributed by atoms with Crippen molar-refractivity contribution in [2.45, 2.75) is 71.5 Å². The second kappa shape index (κ2) is 10.9. The SMILES string of the molecule is CCOC(=O)C1(C=Cc2ccc3ccc(C(C)C(C)OC(C)=O)nc3c2)CCC(OC)CC1. The van der Waals surface area contributed by atoms with Gasteiger partial charge in [0.2, 0.25) is 0 Å². The summed E-state index contributed by atoms with van der Waals surface area (Å²) < 4.78 is 16.3. The van der Waals surface area contributed by atoms with E-state index in [2.05, 4.69) is 0 Å². The van der Waals surface area contributed by atoms with Gasteiger partial charge in [-0.3, -0.25) is 14.6 Å². The van der Waals surface area contributed by atoms with Gasteiger partial charge in [-0.15, -0.1) is 0 Å². The van der Waals surface area contributed by atoms with Crippen LogP contribution in [-0.2, 0) is 23.8 Å². The molecule has 2 unspecified atom stereocenters. The van der Waals surface area contributed by atoms with Crippen molar-refractivity contribution in [3.63, 3.8) is 0 Å². The Morgan fingerprint density at radius 2 is 1.88 bits per heavy atom. The summed E-state index contributed by atoms with van der Waals surface area (Å²) in [5.41, 5.74) is 2.09. The number of hydrogen-bond acceptors (Lipinski definition) is 6. The minimum Gasteiger partial charge on any atom is -0.465 e. The van der Waals surface area contributed by atoms with Crippen LogP contribution < -0.4 is 0 Å². The van der Waals surface area contributed by atoms with Crippen LogP contribution in [0.1, 0.15) is 70.6 Å². The molecule has 33 heavy (non-hydrogen) atoms. The lowest BCUT2D eigenvalue weighted by Gasteiger charge is -2.35. The molecule has 0 N–H and O–H groups in total. The van der Waals surface area contributed by atoms with Gasteiger partial charge in [0.1, 0.15) is 6.10 Å². The number of carbonyl (C=O) groups is 2. The van der Waals surface area contributed by atoms with E-state index in [1.54, 1.807) is 7.11 Å². The smallest absolute Gasteiger partial charge is 0.315 e. The van der Waals surface area contributed by atoms with Gasteiger partial charge in [-0.05, 0) is 57.2 Å². The highest BCUT2D eigenvalue weighted by Gasteiger charge is 2.41. The fourth-order valence-corrected chi connectivity index (χ4v) is 4.42. The summed E-state index contributed by atoms with van der Waals surface area (Å²) in [5.74, 6) is -0.483. The maximum Gasteiger partial charge on any atom is 0.315 e. The van der Waals surface area contributed by atoms with Crippen LogP contribution in [0, 0.1) is 5.41 Å². The molecule has 1 saturated carbocycles. The minimum absolute atomic E-state index is 0.0273. The number of aromatic nitrogens is 1. The van der Waals surface area contributed by atoms with Crippen molar-refractivity contribution in [2.24, 2.45) is 5.41 Å². The molecule has 0 bridgehead atoms. The van der Waals surface area contributed by atoms with Gasteiger partial charge < -0.3 is 14.2 Å². The lowest BCUT2D eigenvalue weighted by atomic mass is 9.72. The molecule has 1 aliphatic rings. The average molecular weight is 454 g/mol. The molecular weight excluding hydrogens is 418 g/mol. The molecule has 1 aliphatic carbocycles. The van der Waals surface area contributed by atoms with E-state index in [0.29, 0.717) is 19.4 Å². The number of carbonyl (C=O) groups excluding carboxylic acids is 2. The van der Waals surface area contributed by atoms with E-state index < -0.39 is 5.41 Å². The standard InChI is InChI=1S/C27H35NO5/c1-6-32-26(30)27(15-12-23(31-5)13-16-27)14-11-21-7-8-22-9-10-24(28-25(22)17-21)18(2)19(3)33-20(4)29/h7-11,14,17-19,23H,6,12-13,15-16H2,1-5H3. The summed E-state index contributed by atoms with van der Waals surface area (Å²) in [6.07, 6.45) is 7.03. The number of rotatable bonds is 8. The van der Waals surface area contributed by atoms with Crippen LogP contribution in [0.15, 0.2) is 36.4 Å². The lowest BCUT2D eigenvalue weighted by Crippen LogP contribution is -2.37. The Hall–Kier alpha value is -2.73. The molecule has 0 aliphatic heterocycles. The lowest BCUT2D eigenvalue weighted by molar-refractivity contribution is -0.155. The number of hydrogen-bond donors (Lipinski definition) is 0. The van der Waals surface area contributed by atoms with E-state index in [0.717, 1.165) is 35.0 Å². The first-order chi connectivity index (χ1) is 15.8. The summed E-state index contributed by atoms with van der Waals surface area (Å²) in [7, 11) is 1.72. The average Bonchev–Trinajstić information content (AvgIpc) is 2.81. The van der Waals surface area contributed by atoms with Crippen LogP contribution in [-0.4, -0.2) is 42.8 Å². The third kappa shape index (κ3) is 5.99. The van der Waals surface area contributed by atoms with Gasteiger partial charge in [-0.1, -0.05) is 37.3 Å². The third-order valence-electron chi connectivity index (χ3n) is 6.70. The molecule has 0 saturated heterocycles. The van der Waals surface area contributed by atoms with Crippen molar-refractivity contribution in [2.75, 3.05) is 13.7 Å². The summed E-state index contributed by atoms with van der Waals surface area (Å²) >= 11 is 0.